The Labute approximate surface area is 123 Å². The summed E-state index contributed by atoms with van der Waals surface area (Å²) in [6, 6.07) is 11.4. The Bertz CT molecular complexity index is 534. The molecule has 1 aromatic carbocycles. The number of hydrogen-bond acceptors (Lipinski definition) is 3. The lowest BCUT2D eigenvalue weighted by Crippen LogP contribution is -2.25. The summed E-state index contributed by atoms with van der Waals surface area (Å²) in [5.74, 6) is -0.874. The zero-order chi connectivity index (χ0) is 14.4. The van der Waals surface area contributed by atoms with E-state index in [1.165, 1.54) is 4.88 Å². The van der Waals surface area contributed by atoms with Gasteiger partial charge in [-0.1, -0.05) is 25.1 Å². The van der Waals surface area contributed by atoms with Crippen LogP contribution < -0.4 is 0 Å². The van der Waals surface area contributed by atoms with Crippen LogP contribution in [0.15, 0.2) is 41.8 Å². The molecule has 2 rings (SSSR count). The molecule has 0 saturated carbocycles. The molecule has 20 heavy (non-hydrogen) atoms. The van der Waals surface area contributed by atoms with E-state index in [-0.39, 0.29) is 0 Å². The summed E-state index contributed by atoms with van der Waals surface area (Å²) in [5, 5.41) is 11.0. The molecule has 0 atom stereocenters. The Morgan fingerprint density at radius 1 is 1.25 bits per heavy atom. The first-order valence-corrected chi connectivity index (χ1v) is 7.64. The van der Waals surface area contributed by atoms with Crippen molar-refractivity contribution in [1.82, 2.24) is 4.90 Å². The van der Waals surface area contributed by atoms with Crippen molar-refractivity contribution < 1.29 is 9.90 Å². The second kappa shape index (κ2) is 7.22. The van der Waals surface area contributed by atoms with E-state index in [0.717, 1.165) is 31.6 Å². The minimum Gasteiger partial charge on any atom is -0.478 e. The van der Waals surface area contributed by atoms with Gasteiger partial charge in [-0.25, -0.2) is 4.79 Å². The summed E-state index contributed by atoms with van der Waals surface area (Å²) in [6.07, 6.45) is 1.07. The molecule has 1 aromatic heterocycles. The third kappa shape index (κ3) is 4.18. The average molecular weight is 289 g/mol. The third-order valence-electron chi connectivity index (χ3n) is 3.31. The van der Waals surface area contributed by atoms with Gasteiger partial charge in [0.1, 0.15) is 0 Å². The lowest BCUT2D eigenvalue weighted by Gasteiger charge is -2.20. The number of carboxylic acids is 1. The number of hydrogen-bond donors (Lipinski definition) is 1. The van der Waals surface area contributed by atoms with Crippen molar-refractivity contribution in [2.24, 2.45) is 0 Å². The Kier molecular flexibility index (Phi) is 5.32. The van der Waals surface area contributed by atoms with Gasteiger partial charge in [-0.3, -0.25) is 4.90 Å². The Balaban J connectivity index is 1.90. The molecule has 0 amide bonds. The predicted molar refractivity (Wildman–Crippen MR) is 82.4 cm³/mol. The van der Waals surface area contributed by atoms with Gasteiger partial charge in [-0.05, 0) is 42.1 Å². The summed E-state index contributed by atoms with van der Waals surface area (Å²) in [5.41, 5.74) is 1.50. The molecule has 0 aliphatic carbocycles. The molecule has 1 N–H and O–H groups in total. The number of benzene rings is 1. The molecule has 4 heteroatoms. The summed E-state index contributed by atoms with van der Waals surface area (Å²) in [4.78, 5) is 14.6. The van der Waals surface area contributed by atoms with Crippen molar-refractivity contribution >= 4 is 17.3 Å². The van der Waals surface area contributed by atoms with E-state index in [4.69, 9.17) is 5.11 Å². The van der Waals surface area contributed by atoms with E-state index in [9.17, 15) is 4.79 Å². The number of carbonyl (C=O) groups is 1. The van der Waals surface area contributed by atoms with Crippen LogP contribution in [0.2, 0.25) is 0 Å². The molecule has 0 aliphatic heterocycles. The van der Waals surface area contributed by atoms with Gasteiger partial charge in [0.05, 0.1) is 5.56 Å². The molecule has 0 bridgehead atoms. The zero-order valence-corrected chi connectivity index (χ0v) is 12.4. The number of rotatable bonds is 7. The van der Waals surface area contributed by atoms with E-state index in [0.29, 0.717) is 5.56 Å². The molecule has 0 fully saturated rings. The fourth-order valence-corrected chi connectivity index (χ4v) is 2.78. The van der Waals surface area contributed by atoms with Gasteiger partial charge >= 0.3 is 5.97 Å². The van der Waals surface area contributed by atoms with Crippen LogP contribution in [0.5, 0.6) is 0 Å². The molecule has 106 valence electrons. The van der Waals surface area contributed by atoms with Crippen LogP contribution in [0, 0.1) is 0 Å². The standard InChI is InChI=1S/C16H19NO2S/c1-2-17(10-9-15-4-3-11-20-15)12-13-5-7-14(8-6-13)16(18)19/h3-8,11H,2,9-10,12H2,1H3,(H,18,19). The Morgan fingerprint density at radius 2 is 2.00 bits per heavy atom. The maximum Gasteiger partial charge on any atom is 0.335 e. The highest BCUT2D eigenvalue weighted by molar-refractivity contribution is 7.09. The molecule has 0 radical (unpaired) electrons. The number of aromatic carboxylic acids is 1. The minimum absolute atomic E-state index is 0.343. The monoisotopic (exact) mass is 289 g/mol. The Morgan fingerprint density at radius 3 is 2.55 bits per heavy atom. The van der Waals surface area contributed by atoms with Crippen LogP contribution in [0.3, 0.4) is 0 Å². The van der Waals surface area contributed by atoms with E-state index in [1.807, 2.05) is 12.1 Å². The van der Waals surface area contributed by atoms with Crippen molar-refractivity contribution in [1.29, 1.82) is 0 Å². The number of carboxylic acid groups (broad SMARTS) is 1. The highest BCUT2D eigenvalue weighted by Gasteiger charge is 2.06. The number of thiophene rings is 1. The van der Waals surface area contributed by atoms with Gasteiger partial charge in [-0.2, -0.15) is 0 Å². The van der Waals surface area contributed by atoms with Crippen molar-refractivity contribution in [2.45, 2.75) is 19.9 Å². The first kappa shape index (κ1) is 14.8. The molecule has 0 spiro atoms. The summed E-state index contributed by atoms with van der Waals surface area (Å²) >= 11 is 1.79. The fraction of sp³-hybridized carbons (Fsp3) is 0.312. The first-order valence-electron chi connectivity index (χ1n) is 6.76. The van der Waals surface area contributed by atoms with Gasteiger partial charge in [0, 0.05) is 18.0 Å². The number of nitrogens with zero attached hydrogens (tertiary/aromatic N) is 1. The summed E-state index contributed by atoms with van der Waals surface area (Å²) in [7, 11) is 0. The quantitative estimate of drug-likeness (QED) is 0.848. The largest absolute Gasteiger partial charge is 0.478 e. The molecule has 0 unspecified atom stereocenters. The van der Waals surface area contributed by atoms with Crippen LogP contribution in [-0.2, 0) is 13.0 Å². The maximum absolute atomic E-state index is 10.8. The van der Waals surface area contributed by atoms with Crippen molar-refractivity contribution in [3.05, 3.63) is 57.8 Å². The second-order valence-corrected chi connectivity index (χ2v) is 5.73. The van der Waals surface area contributed by atoms with Crippen LogP contribution >= 0.6 is 11.3 Å². The van der Waals surface area contributed by atoms with Crippen LogP contribution in [0.1, 0.15) is 27.7 Å². The second-order valence-electron chi connectivity index (χ2n) is 4.70. The summed E-state index contributed by atoms with van der Waals surface area (Å²) in [6.45, 7) is 5.03. The fourth-order valence-electron chi connectivity index (χ4n) is 2.08. The minimum atomic E-state index is -0.874. The maximum atomic E-state index is 10.8. The molecule has 2 aromatic rings. The van der Waals surface area contributed by atoms with Crippen molar-refractivity contribution in [3.63, 3.8) is 0 Å². The molecule has 0 aliphatic rings. The van der Waals surface area contributed by atoms with Crippen LogP contribution in [0.25, 0.3) is 0 Å². The van der Waals surface area contributed by atoms with Gasteiger partial charge in [0.15, 0.2) is 0 Å². The van der Waals surface area contributed by atoms with Gasteiger partial charge < -0.3 is 5.11 Å². The first-order chi connectivity index (χ1) is 9.69. The molecule has 0 saturated heterocycles. The van der Waals surface area contributed by atoms with Gasteiger partial charge in [0.2, 0.25) is 0 Å². The SMILES string of the molecule is CCN(CCc1cccs1)Cc1ccc(C(=O)O)cc1. The lowest BCUT2D eigenvalue weighted by atomic mass is 10.1. The van der Waals surface area contributed by atoms with E-state index < -0.39 is 5.97 Å². The van der Waals surface area contributed by atoms with E-state index in [2.05, 4.69) is 29.3 Å². The van der Waals surface area contributed by atoms with Crippen molar-refractivity contribution in [3.8, 4) is 0 Å². The third-order valence-corrected chi connectivity index (χ3v) is 4.24. The van der Waals surface area contributed by atoms with Crippen molar-refractivity contribution in [2.75, 3.05) is 13.1 Å². The molecule has 1 heterocycles. The predicted octanol–water partition coefficient (Wildman–Crippen LogP) is 3.51. The highest BCUT2D eigenvalue weighted by atomic mass is 32.1. The molecular formula is C16H19NO2S. The average Bonchev–Trinajstić information content (AvgIpc) is 2.97. The van der Waals surface area contributed by atoms with Gasteiger partial charge in [0.25, 0.3) is 0 Å². The smallest absolute Gasteiger partial charge is 0.335 e. The Hall–Kier alpha value is -1.65. The topological polar surface area (TPSA) is 40.5 Å². The molecular weight excluding hydrogens is 270 g/mol. The van der Waals surface area contributed by atoms with E-state index >= 15 is 0 Å². The highest BCUT2D eigenvalue weighted by Crippen LogP contribution is 2.12. The van der Waals surface area contributed by atoms with Crippen LogP contribution in [0.4, 0.5) is 0 Å². The van der Waals surface area contributed by atoms with Crippen LogP contribution in [-0.4, -0.2) is 29.1 Å². The lowest BCUT2D eigenvalue weighted by molar-refractivity contribution is 0.0697. The normalized spacial score (nSPS) is 10.9. The number of likely N-dealkylation sites (N-methyl/N-ethyl adjacent to an activating group) is 1. The van der Waals surface area contributed by atoms with Gasteiger partial charge in [-0.15, -0.1) is 11.3 Å². The zero-order valence-electron chi connectivity index (χ0n) is 11.6. The molecule has 3 nitrogen and oxygen atoms in total. The van der Waals surface area contributed by atoms with E-state index in [1.54, 1.807) is 23.5 Å². The summed E-state index contributed by atoms with van der Waals surface area (Å²) < 4.78 is 0.